The fraction of sp³-hybridized carbons (Fsp3) is 0.556. The van der Waals surface area contributed by atoms with Gasteiger partial charge in [0.25, 0.3) is 0 Å². The lowest BCUT2D eigenvalue weighted by Gasteiger charge is -2.36. The van der Waals surface area contributed by atoms with Crippen LogP contribution in [0.4, 0.5) is 10.1 Å². The molecule has 0 N–H and O–H groups in total. The van der Waals surface area contributed by atoms with Crippen molar-refractivity contribution < 1.29 is 9.18 Å². The molecule has 0 bridgehead atoms. The summed E-state index contributed by atoms with van der Waals surface area (Å²) in [6.07, 6.45) is 0.418. The lowest BCUT2D eigenvalue weighted by atomic mass is 10.2. The van der Waals surface area contributed by atoms with Gasteiger partial charge in [0.1, 0.15) is 5.82 Å². The molecule has 1 saturated heterocycles. The quantitative estimate of drug-likeness (QED) is 0.378. The van der Waals surface area contributed by atoms with Crippen molar-refractivity contribution in [3.8, 4) is 0 Å². The van der Waals surface area contributed by atoms with Crippen LogP contribution in [0, 0.1) is 5.82 Å². The Morgan fingerprint density at radius 2 is 1.58 bits per heavy atom. The number of piperazine rings is 1. The Morgan fingerprint density at radius 1 is 1.04 bits per heavy atom. The number of amides is 1. The molecule has 0 aromatic heterocycles. The number of carbonyl (C=O) groups is 1. The van der Waals surface area contributed by atoms with E-state index in [0.29, 0.717) is 26.1 Å². The van der Waals surface area contributed by atoms with Gasteiger partial charge in [0.05, 0.1) is 6.54 Å². The van der Waals surface area contributed by atoms with Crippen molar-refractivity contribution in [3.05, 3.63) is 30.1 Å². The van der Waals surface area contributed by atoms with Gasteiger partial charge >= 0.3 is 0 Å². The van der Waals surface area contributed by atoms with Crippen LogP contribution in [0.25, 0.3) is 0 Å². The van der Waals surface area contributed by atoms with E-state index in [1.165, 1.54) is 12.1 Å². The smallest absolute Gasteiger partial charge is 0.224 e. The van der Waals surface area contributed by atoms with Gasteiger partial charge in [0, 0.05) is 66.5 Å². The lowest BCUT2D eigenvalue weighted by molar-refractivity contribution is -0.131. The summed E-state index contributed by atoms with van der Waals surface area (Å²) < 4.78 is 13.0. The first kappa shape index (κ1) is 22.5. The molecule has 1 heterocycles. The third-order valence-corrected chi connectivity index (χ3v) is 4.20. The zero-order valence-corrected chi connectivity index (χ0v) is 18.3. The zero-order chi connectivity index (χ0) is 18.4. The maximum Gasteiger partial charge on any atom is 0.224 e. The molecule has 146 valence electrons. The van der Waals surface area contributed by atoms with Crippen LogP contribution in [0.2, 0.25) is 0 Å². The molecule has 1 aromatic carbocycles. The van der Waals surface area contributed by atoms with E-state index in [0.717, 1.165) is 24.7 Å². The Bertz CT molecular complexity index is 588. The molecule has 6 nitrogen and oxygen atoms in total. The maximum atomic E-state index is 13.0. The maximum absolute atomic E-state index is 13.0. The Kier molecular flexibility index (Phi) is 9.11. The number of halogens is 2. The van der Waals surface area contributed by atoms with Crippen molar-refractivity contribution in [2.45, 2.75) is 6.42 Å². The van der Waals surface area contributed by atoms with Crippen LogP contribution in [0.3, 0.4) is 0 Å². The minimum absolute atomic E-state index is 0. The van der Waals surface area contributed by atoms with E-state index < -0.39 is 0 Å². The second-order valence-electron chi connectivity index (χ2n) is 6.56. The average molecular weight is 477 g/mol. The van der Waals surface area contributed by atoms with Gasteiger partial charge in [-0.3, -0.25) is 9.79 Å². The van der Waals surface area contributed by atoms with Crippen molar-refractivity contribution in [1.82, 2.24) is 14.7 Å². The first-order valence-corrected chi connectivity index (χ1v) is 8.56. The van der Waals surface area contributed by atoms with Gasteiger partial charge in [-0.1, -0.05) is 0 Å². The minimum Gasteiger partial charge on any atom is -0.368 e. The molecular formula is C18H29FIN5O. The van der Waals surface area contributed by atoms with Crippen molar-refractivity contribution in [2.75, 3.05) is 65.8 Å². The number of hydrogen-bond acceptors (Lipinski definition) is 3. The van der Waals surface area contributed by atoms with E-state index in [2.05, 4.69) is 9.89 Å². The molecule has 1 amide bonds. The number of guanidine groups is 1. The molecule has 26 heavy (non-hydrogen) atoms. The third-order valence-electron chi connectivity index (χ3n) is 4.20. The highest BCUT2D eigenvalue weighted by atomic mass is 127. The van der Waals surface area contributed by atoms with E-state index in [4.69, 9.17) is 0 Å². The molecule has 0 atom stereocenters. The third kappa shape index (κ3) is 6.30. The van der Waals surface area contributed by atoms with Gasteiger partial charge in [-0.15, -0.1) is 24.0 Å². The molecule has 0 spiro atoms. The molecule has 0 aliphatic carbocycles. The Labute approximate surface area is 172 Å². The fourth-order valence-electron chi connectivity index (χ4n) is 2.96. The second kappa shape index (κ2) is 10.5. The predicted octanol–water partition coefficient (Wildman–Crippen LogP) is 1.96. The SMILES string of the molecule is CN(C)C(=NCCC(=O)N1CCN(c2ccc(F)cc2)CC1)N(C)C.I. The molecule has 1 aromatic rings. The molecule has 1 aliphatic heterocycles. The number of nitrogens with zero attached hydrogens (tertiary/aromatic N) is 5. The number of hydrogen-bond donors (Lipinski definition) is 0. The highest BCUT2D eigenvalue weighted by molar-refractivity contribution is 14.0. The van der Waals surface area contributed by atoms with Crippen LogP contribution in [0.15, 0.2) is 29.3 Å². The molecule has 1 fully saturated rings. The molecular weight excluding hydrogens is 448 g/mol. The van der Waals surface area contributed by atoms with Crippen LogP contribution in [-0.4, -0.2) is 87.5 Å². The summed E-state index contributed by atoms with van der Waals surface area (Å²) in [5.74, 6) is 0.765. The highest BCUT2D eigenvalue weighted by Gasteiger charge is 2.21. The molecule has 0 radical (unpaired) electrons. The standard InChI is InChI=1S/C18H28FN5O.HI/c1-21(2)18(22(3)4)20-10-9-17(25)24-13-11-23(12-14-24)16-7-5-15(19)6-8-16;/h5-8H,9-14H2,1-4H3;1H. The zero-order valence-electron chi connectivity index (χ0n) is 16.0. The number of aliphatic imine (C=N–C) groups is 1. The van der Waals surface area contributed by atoms with E-state index in [1.807, 2.05) is 42.9 Å². The van der Waals surface area contributed by atoms with Crippen molar-refractivity contribution in [2.24, 2.45) is 4.99 Å². The Morgan fingerprint density at radius 3 is 2.08 bits per heavy atom. The topological polar surface area (TPSA) is 42.4 Å². The summed E-state index contributed by atoms with van der Waals surface area (Å²) in [5, 5.41) is 0. The number of anilines is 1. The normalized spacial score (nSPS) is 13.7. The summed E-state index contributed by atoms with van der Waals surface area (Å²) in [6.45, 7) is 3.40. The average Bonchev–Trinajstić information content (AvgIpc) is 2.58. The fourth-order valence-corrected chi connectivity index (χ4v) is 2.96. The van der Waals surface area contributed by atoms with Crippen LogP contribution in [0.1, 0.15) is 6.42 Å². The molecule has 8 heteroatoms. The van der Waals surface area contributed by atoms with Gasteiger partial charge < -0.3 is 19.6 Å². The highest BCUT2D eigenvalue weighted by Crippen LogP contribution is 2.17. The second-order valence-corrected chi connectivity index (χ2v) is 6.56. The first-order valence-electron chi connectivity index (χ1n) is 8.56. The van der Waals surface area contributed by atoms with E-state index in [-0.39, 0.29) is 35.7 Å². The Hall–Kier alpha value is -1.58. The molecule has 0 unspecified atom stereocenters. The van der Waals surface area contributed by atoms with Gasteiger partial charge in [-0.05, 0) is 24.3 Å². The lowest BCUT2D eigenvalue weighted by Crippen LogP contribution is -2.49. The van der Waals surface area contributed by atoms with Gasteiger partial charge in [0.15, 0.2) is 5.96 Å². The van der Waals surface area contributed by atoms with Crippen molar-refractivity contribution in [3.63, 3.8) is 0 Å². The van der Waals surface area contributed by atoms with Crippen LogP contribution in [-0.2, 0) is 4.79 Å². The summed E-state index contributed by atoms with van der Waals surface area (Å²) in [7, 11) is 7.76. The molecule has 2 rings (SSSR count). The van der Waals surface area contributed by atoms with Gasteiger partial charge in [-0.25, -0.2) is 4.39 Å². The summed E-state index contributed by atoms with van der Waals surface area (Å²) in [5.41, 5.74) is 1.000. The van der Waals surface area contributed by atoms with Crippen LogP contribution in [0.5, 0.6) is 0 Å². The number of carbonyl (C=O) groups excluding carboxylic acids is 1. The first-order chi connectivity index (χ1) is 11.9. The monoisotopic (exact) mass is 477 g/mol. The number of benzene rings is 1. The summed E-state index contributed by atoms with van der Waals surface area (Å²) in [6, 6.07) is 6.51. The predicted molar refractivity (Wildman–Crippen MR) is 115 cm³/mol. The van der Waals surface area contributed by atoms with Gasteiger partial charge in [-0.2, -0.15) is 0 Å². The molecule has 0 saturated carbocycles. The van der Waals surface area contributed by atoms with E-state index in [9.17, 15) is 9.18 Å². The minimum atomic E-state index is -0.229. The Balaban J connectivity index is 0.00000338. The van der Waals surface area contributed by atoms with E-state index in [1.54, 1.807) is 12.1 Å². The van der Waals surface area contributed by atoms with Gasteiger partial charge in [0.2, 0.25) is 5.91 Å². The summed E-state index contributed by atoms with van der Waals surface area (Å²) in [4.78, 5) is 24.8. The van der Waals surface area contributed by atoms with E-state index >= 15 is 0 Å². The van der Waals surface area contributed by atoms with Crippen LogP contribution < -0.4 is 4.90 Å². The number of rotatable bonds is 4. The van der Waals surface area contributed by atoms with Crippen LogP contribution >= 0.6 is 24.0 Å². The molecule has 1 aliphatic rings. The van der Waals surface area contributed by atoms with Crippen molar-refractivity contribution >= 4 is 41.5 Å². The van der Waals surface area contributed by atoms with Crippen molar-refractivity contribution in [1.29, 1.82) is 0 Å². The summed E-state index contributed by atoms with van der Waals surface area (Å²) >= 11 is 0. The largest absolute Gasteiger partial charge is 0.368 e.